The van der Waals surface area contributed by atoms with E-state index in [0.717, 1.165) is 17.5 Å². The standard InChI is InChI=1S/C19H26N2O2/c1-12(2)14-8-9-16-15(10-14)19(22)21-18(20-16)11-23-17-7-5-4-6-13(17)3/h8-10,12-13,17H,4-7,11H2,1-3H3,(H,20,21,22)/t13-,17+/m0/s1. The van der Waals surface area contributed by atoms with Gasteiger partial charge in [-0.3, -0.25) is 4.79 Å². The molecule has 2 aromatic rings. The Balaban J connectivity index is 1.79. The second-order valence-electron chi connectivity index (χ2n) is 7.06. The number of fused-ring (bicyclic) bond motifs is 1. The molecule has 2 atom stereocenters. The van der Waals surface area contributed by atoms with Crippen LogP contribution in [0.15, 0.2) is 23.0 Å². The van der Waals surface area contributed by atoms with Crippen LogP contribution in [0.3, 0.4) is 0 Å². The van der Waals surface area contributed by atoms with Gasteiger partial charge in [0.05, 0.1) is 17.0 Å². The van der Waals surface area contributed by atoms with Crippen LogP contribution in [0.5, 0.6) is 0 Å². The van der Waals surface area contributed by atoms with Crippen molar-refractivity contribution >= 4 is 10.9 Å². The largest absolute Gasteiger partial charge is 0.370 e. The Morgan fingerprint density at radius 2 is 2.09 bits per heavy atom. The quantitative estimate of drug-likeness (QED) is 0.922. The molecule has 4 nitrogen and oxygen atoms in total. The molecule has 23 heavy (non-hydrogen) atoms. The van der Waals surface area contributed by atoms with Crippen molar-refractivity contribution in [3.63, 3.8) is 0 Å². The van der Waals surface area contributed by atoms with Gasteiger partial charge in [-0.2, -0.15) is 0 Å². The zero-order valence-corrected chi connectivity index (χ0v) is 14.3. The van der Waals surface area contributed by atoms with Crippen LogP contribution in [-0.2, 0) is 11.3 Å². The van der Waals surface area contributed by atoms with E-state index < -0.39 is 0 Å². The van der Waals surface area contributed by atoms with Crippen LogP contribution in [0.4, 0.5) is 0 Å². The minimum Gasteiger partial charge on any atom is -0.370 e. The molecule has 0 radical (unpaired) electrons. The Morgan fingerprint density at radius 1 is 1.30 bits per heavy atom. The third-order valence-electron chi connectivity index (χ3n) is 4.91. The maximum absolute atomic E-state index is 12.3. The van der Waals surface area contributed by atoms with Gasteiger partial charge in [0.15, 0.2) is 0 Å². The number of rotatable bonds is 4. The van der Waals surface area contributed by atoms with Gasteiger partial charge in [-0.1, -0.05) is 39.7 Å². The van der Waals surface area contributed by atoms with E-state index in [1.54, 1.807) is 0 Å². The number of hydrogen-bond acceptors (Lipinski definition) is 3. The third-order valence-corrected chi connectivity index (χ3v) is 4.91. The van der Waals surface area contributed by atoms with Crippen molar-refractivity contribution in [1.82, 2.24) is 9.97 Å². The first-order valence-electron chi connectivity index (χ1n) is 8.69. The monoisotopic (exact) mass is 314 g/mol. The second-order valence-corrected chi connectivity index (χ2v) is 7.06. The first-order valence-corrected chi connectivity index (χ1v) is 8.69. The topological polar surface area (TPSA) is 55.0 Å². The van der Waals surface area contributed by atoms with Crippen molar-refractivity contribution in [3.05, 3.63) is 39.9 Å². The van der Waals surface area contributed by atoms with Gasteiger partial charge >= 0.3 is 0 Å². The zero-order valence-electron chi connectivity index (χ0n) is 14.3. The van der Waals surface area contributed by atoms with Gasteiger partial charge < -0.3 is 9.72 Å². The zero-order chi connectivity index (χ0) is 16.4. The normalized spacial score (nSPS) is 21.9. The summed E-state index contributed by atoms with van der Waals surface area (Å²) in [5.74, 6) is 1.61. The minimum atomic E-state index is -0.0761. The van der Waals surface area contributed by atoms with Crippen LogP contribution in [0.1, 0.15) is 63.8 Å². The van der Waals surface area contributed by atoms with E-state index in [-0.39, 0.29) is 11.7 Å². The molecule has 3 rings (SSSR count). The molecule has 0 saturated heterocycles. The highest BCUT2D eigenvalue weighted by atomic mass is 16.5. The summed E-state index contributed by atoms with van der Waals surface area (Å²) in [7, 11) is 0. The van der Waals surface area contributed by atoms with Crippen LogP contribution in [0.2, 0.25) is 0 Å². The predicted molar refractivity (Wildman–Crippen MR) is 92.7 cm³/mol. The lowest BCUT2D eigenvalue weighted by molar-refractivity contribution is -0.0181. The smallest absolute Gasteiger partial charge is 0.258 e. The lowest BCUT2D eigenvalue weighted by atomic mass is 9.88. The molecule has 1 heterocycles. The van der Waals surface area contributed by atoms with Crippen molar-refractivity contribution in [1.29, 1.82) is 0 Å². The lowest BCUT2D eigenvalue weighted by Crippen LogP contribution is -2.26. The summed E-state index contributed by atoms with van der Waals surface area (Å²) in [6.07, 6.45) is 5.15. The van der Waals surface area contributed by atoms with Crippen molar-refractivity contribution in [3.8, 4) is 0 Å². The Hall–Kier alpha value is -1.68. The van der Waals surface area contributed by atoms with Crippen LogP contribution in [0.25, 0.3) is 10.9 Å². The summed E-state index contributed by atoms with van der Waals surface area (Å²) >= 11 is 0. The highest BCUT2D eigenvalue weighted by Crippen LogP contribution is 2.26. The molecule has 0 unspecified atom stereocenters. The van der Waals surface area contributed by atoms with Crippen LogP contribution in [-0.4, -0.2) is 16.1 Å². The first-order chi connectivity index (χ1) is 11.0. The van der Waals surface area contributed by atoms with E-state index in [0.29, 0.717) is 29.7 Å². The molecule has 1 aromatic heterocycles. The number of nitrogens with zero attached hydrogens (tertiary/aromatic N) is 1. The molecule has 0 aliphatic heterocycles. The number of nitrogens with one attached hydrogen (secondary N) is 1. The van der Waals surface area contributed by atoms with Crippen molar-refractivity contribution in [2.45, 2.75) is 65.1 Å². The van der Waals surface area contributed by atoms with Gasteiger partial charge in [0.25, 0.3) is 5.56 Å². The third kappa shape index (κ3) is 3.63. The highest BCUT2D eigenvalue weighted by Gasteiger charge is 2.22. The molecule has 4 heteroatoms. The Bertz CT molecular complexity index is 736. The predicted octanol–water partition coefficient (Wildman–Crippen LogP) is 4.14. The van der Waals surface area contributed by atoms with Crippen molar-refractivity contribution in [2.24, 2.45) is 5.92 Å². The number of aromatic amines is 1. The van der Waals surface area contributed by atoms with Crippen LogP contribution in [0, 0.1) is 5.92 Å². The average Bonchev–Trinajstić information content (AvgIpc) is 2.54. The van der Waals surface area contributed by atoms with Gasteiger partial charge in [0, 0.05) is 0 Å². The van der Waals surface area contributed by atoms with Gasteiger partial charge in [0.1, 0.15) is 12.4 Å². The first kappa shape index (κ1) is 16.2. The summed E-state index contributed by atoms with van der Waals surface area (Å²) in [4.78, 5) is 19.8. The molecule has 0 bridgehead atoms. The maximum atomic E-state index is 12.3. The van der Waals surface area contributed by atoms with E-state index in [4.69, 9.17) is 4.74 Å². The molecule has 1 N–H and O–H groups in total. The molecule has 1 aliphatic carbocycles. The Morgan fingerprint density at radius 3 is 2.83 bits per heavy atom. The van der Waals surface area contributed by atoms with Gasteiger partial charge in [-0.05, 0) is 42.4 Å². The maximum Gasteiger partial charge on any atom is 0.258 e. The molecule has 0 spiro atoms. The fraction of sp³-hybridized carbons (Fsp3) is 0.579. The summed E-state index contributed by atoms with van der Waals surface area (Å²) < 4.78 is 6.01. The van der Waals surface area contributed by atoms with Gasteiger partial charge in [-0.15, -0.1) is 0 Å². The summed E-state index contributed by atoms with van der Waals surface area (Å²) in [6, 6.07) is 5.93. The molecule has 1 fully saturated rings. The van der Waals surface area contributed by atoms with Crippen molar-refractivity contribution < 1.29 is 4.74 Å². The summed E-state index contributed by atoms with van der Waals surface area (Å²) in [6.45, 7) is 6.87. The summed E-state index contributed by atoms with van der Waals surface area (Å²) in [5, 5.41) is 0.658. The SMILES string of the molecule is CC(C)c1ccc2nc(CO[C@@H]3CCCC[C@@H]3C)[nH]c(=O)c2c1. The van der Waals surface area contributed by atoms with Crippen LogP contribution < -0.4 is 5.56 Å². The lowest BCUT2D eigenvalue weighted by Gasteiger charge is -2.28. The van der Waals surface area contributed by atoms with Gasteiger partial charge in [-0.25, -0.2) is 4.98 Å². The molecule has 1 aromatic carbocycles. The van der Waals surface area contributed by atoms with Gasteiger partial charge in [0.2, 0.25) is 0 Å². The molecule has 1 saturated carbocycles. The molecule has 0 amide bonds. The van der Waals surface area contributed by atoms with Crippen LogP contribution >= 0.6 is 0 Å². The molecule has 1 aliphatic rings. The number of H-pyrrole nitrogens is 1. The number of benzene rings is 1. The van der Waals surface area contributed by atoms with E-state index in [2.05, 4.69) is 30.7 Å². The Kier molecular flexibility index (Phi) is 4.81. The van der Waals surface area contributed by atoms with E-state index in [9.17, 15) is 4.79 Å². The molecular formula is C19H26N2O2. The fourth-order valence-corrected chi connectivity index (χ4v) is 3.35. The van der Waals surface area contributed by atoms with E-state index >= 15 is 0 Å². The van der Waals surface area contributed by atoms with E-state index in [1.807, 2.05) is 18.2 Å². The number of hydrogen-bond donors (Lipinski definition) is 1. The Labute approximate surface area is 137 Å². The number of aromatic nitrogens is 2. The average molecular weight is 314 g/mol. The fourth-order valence-electron chi connectivity index (χ4n) is 3.35. The molecular weight excluding hydrogens is 288 g/mol. The molecule has 124 valence electrons. The highest BCUT2D eigenvalue weighted by molar-refractivity contribution is 5.78. The number of ether oxygens (including phenoxy) is 1. The second kappa shape index (κ2) is 6.83. The van der Waals surface area contributed by atoms with Crippen molar-refractivity contribution in [2.75, 3.05) is 0 Å². The summed E-state index contributed by atoms with van der Waals surface area (Å²) in [5.41, 5.74) is 1.83. The van der Waals surface area contributed by atoms with E-state index in [1.165, 1.54) is 19.3 Å². The minimum absolute atomic E-state index is 0.0761.